The highest BCUT2D eigenvalue weighted by Gasteiger charge is 2.25. The topological polar surface area (TPSA) is 53.4 Å². The van der Waals surface area contributed by atoms with Gasteiger partial charge in [0.15, 0.2) is 5.78 Å². The van der Waals surface area contributed by atoms with Gasteiger partial charge in [0.05, 0.1) is 6.20 Å². The Morgan fingerprint density at radius 2 is 1.97 bits per heavy atom. The first-order valence-electron chi connectivity index (χ1n) is 10.9. The molecule has 6 heteroatoms. The molecule has 2 heterocycles. The van der Waals surface area contributed by atoms with Crippen LogP contribution in [-0.4, -0.2) is 35.6 Å². The lowest BCUT2D eigenvalue weighted by Crippen LogP contribution is -2.22. The molecular weight excluding hydrogens is 427 g/mol. The summed E-state index contributed by atoms with van der Waals surface area (Å²) >= 11 is 6.04. The van der Waals surface area contributed by atoms with Crippen molar-refractivity contribution in [1.82, 2.24) is 4.98 Å². The fourth-order valence-electron chi connectivity index (χ4n) is 4.35. The Morgan fingerprint density at radius 3 is 2.72 bits per heavy atom. The average molecular weight is 453 g/mol. The third-order valence-corrected chi connectivity index (χ3v) is 6.27. The smallest absolute Gasteiger partial charge is 0.193 e. The number of rotatable bonds is 8. The summed E-state index contributed by atoms with van der Waals surface area (Å²) in [6.45, 7) is 1.87. The lowest BCUT2D eigenvalue weighted by atomic mass is 9.98. The van der Waals surface area contributed by atoms with Crippen molar-refractivity contribution in [3.05, 3.63) is 94.0 Å². The first-order chi connectivity index (χ1) is 15.5. The Labute approximate surface area is 192 Å². The lowest BCUT2D eigenvalue weighted by molar-refractivity contribution is 0.103. The van der Waals surface area contributed by atoms with Gasteiger partial charge in [-0.1, -0.05) is 23.7 Å². The van der Waals surface area contributed by atoms with Gasteiger partial charge in [-0.05, 0) is 79.6 Å². The zero-order valence-corrected chi connectivity index (χ0v) is 18.6. The Bertz CT molecular complexity index is 1090. The van der Waals surface area contributed by atoms with Crippen LogP contribution in [0.25, 0.3) is 0 Å². The molecule has 0 radical (unpaired) electrons. The van der Waals surface area contributed by atoms with E-state index in [1.54, 1.807) is 30.3 Å². The lowest BCUT2D eigenvalue weighted by Gasteiger charge is -2.23. The van der Waals surface area contributed by atoms with Gasteiger partial charge in [0.2, 0.25) is 0 Å². The zero-order valence-electron chi connectivity index (χ0n) is 17.8. The molecule has 1 N–H and O–H groups in total. The molecule has 2 aromatic carbocycles. The third kappa shape index (κ3) is 5.34. The fraction of sp³-hybridized carbons (Fsp3) is 0.308. The number of halogens is 2. The number of nitrogens with zero attached hydrogens (tertiary/aromatic N) is 2. The number of hydrogen-bond acceptors (Lipinski definition) is 4. The molecule has 3 aromatic rings. The molecule has 1 atom stereocenters. The number of hydrogen-bond donors (Lipinski definition) is 1. The van der Waals surface area contributed by atoms with E-state index in [0.717, 1.165) is 49.3 Å². The number of benzene rings is 2. The number of ketones is 1. The van der Waals surface area contributed by atoms with Gasteiger partial charge in [-0.25, -0.2) is 4.39 Å². The van der Waals surface area contributed by atoms with E-state index in [4.69, 9.17) is 11.6 Å². The highest BCUT2D eigenvalue weighted by molar-refractivity contribution is 6.31. The molecule has 0 saturated carbocycles. The van der Waals surface area contributed by atoms with E-state index in [0.29, 0.717) is 28.5 Å². The van der Waals surface area contributed by atoms with Gasteiger partial charge in [0, 0.05) is 47.2 Å². The van der Waals surface area contributed by atoms with Crippen LogP contribution >= 0.6 is 11.6 Å². The minimum absolute atomic E-state index is 0.0231. The second-order valence-corrected chi connectivity index (χ2v) is 8.70. The van der Waals surface area contributed by atoms with E-state index in [9.17, 15) is 14.3 Å². The fourth-order valence-corrected chi connectivity index (χ4v) is 4.54. The molecule has 1 aliphatic rings. The number of carbonyl (C=O) groups is 1. The molecule has 0 unspecified atom stereocenters. The molecule has 1 aromatic heterocycles. The van der Waals surface area contributed by atoms with Gasteiger partial charge < -0.3 is 10.0 Å². The summed E-state index contributed by atoms with van der Waals surface area (Å²) in [5.74, 6) is 0.135. The number of aliphatic hydroxyl groups is 1. The molecule has 0 bridgehead atoms. The van der Waals surface area contributed by atoms with E-state index in [1.807, 2.05) is 18.2 Å². The van der Waals surface area contributed by atoms with Crippen molar-refractivity contribution in [2.45, 2.75) is 25.7 Å². The van der Waals surface area contributed by atoms with Crippen molar-refractivity contribution in [3.8, 4) is 0 Å². The standard InChI is InChI=1S/C26H26ClFN2O2/c27-22-3-1-2-20(15-22)26(32)21-5-9-25(19(14-21)11-13-31)30-12-10-18(17-30)4-7-24-8-6-23(28)16-29-24/h1-3,5-6,8-9,14-16,18,31H,4,7,10-13,17H2/t18-/m0/s1. The summed E-state index contributed by atoms with van der Waals surface area (Å²) in [6, 6.07) is 15.9. The van der Waals surface area contributed by atoms with Crippen LogP contribution < -0.4 is 4.90 Å². The second-order valence-electron chi connectivity index (χ2n) is 8.26. The summed E-state index contributed by atoms with van der Waals surface area (Å²) < 4.78 is 13.0. The predicted octanol–water partition coefficient (Wildman–Crippen LogP) is 5.10. The van der Waals surface area contributed by atoms with Crippen molar-refractivity contribution in [1.29, 1.82) is 0 Å². The maximum atomic E-state index is 13.0. The molecule has 166 valence electrons. The van der Waals surface area contributed by atoms with Crippen molar-refractivity contribution in [2.24, 2.45) is 5.92 Å². The minimum Gasteiger partial charge on any atom is -0.396 e. The summed E-state index contributed by atoms with van der Waals surface area (Å²) in [5, 5.41) is 10.1. The van der Waals surface area contributed by atoms with Crippen LogP contribution in [0.15, 0.2) is 60.8 Å². The zero-order chi connectivity index (χ0) is 22.5. The molecule has 1 fully saturated rings. The Kier molecular flexibility index (Phi) is 7.18. The Morgan fingerprint density at radius 1 is 1.12 bits per heavy atom. The normalized spacial score (nSPS) is 15.8. The van der Waals surface area contributed by atoms with Crippen LogP contribution in [0.5, 0.6) is 0 Å². The predicted molar refractivity (Wildman–Crippen MR) is 125 cm³/mol. The average Bonchev–Trinajstić information content (AvgIpc) is 3.27. The van der Waals surface area contributed by atoms with Gasteiger partial charge in [0.25, 0.3) is 0 Å². The number of aryl methyl sites for hydroxylation is 1. The SMILES string of the molecule is O=C(c1cccc(Cl)c1)c1ccc(N2CC[C@H](CCc3ccc(F)cn3)C2)c(CCO)c1. The van der Waals surface area contributed by atoms with Crippen LogP contribution in [0.1, 0.15) is 40.0 Å². The van der Waals surface area contributed by atoms with Crippen LogP contribution in [0.2, 0.25) is 5.02 Å². The van der Waals surface area contributed by atoms with E-state index < -0.39 is 0 Å². The van der Waals surface area contributed by atoms with Crippen molar-refractivity contribution >= 4 is 23.1 Å². The first-order valence-corrected chi connectivity index (χ1v) is 11.3. The van der Waals surface area contributed by atoms with Crippen LogP contribution in [0.4, 0.5) is 10.1 Å². The van der Waals surface area contributed by atoms with E-state index in [2.05, 4.69) is 9.88 Å². The van der Waals surface area contributed by atoms with Gasteiger partial charge in [-0.2, -0.15) is 0 Å². The molecule has 0 amide bonds. The maximum absolute atomic E-state index is 13.0. The molecule has 1 aliphatic heterocycles. The van der Waals surface area contributed by atoms with E-state index in [1.165, 1.54) is 12.3 Å². The Hall–Kier alpha value is -2.76. The Balaban J connectivity index is 1.46. The number of carbonyl (C=O) groups excluding carboxylic acids is 1. The van der Waals surface area contributed by atoms with Gasteiger partial charge in [0.1, 0.15) is 5.82 Å². The summed E-state index contributed by atoms with van der Waals surface area (Å²) in [4.78, 5) is 19.4. The molecule has 4 rings (SSSR count). The van der Waals surface area contributed by atoms with Gasteiger partial charge >= 0.3 is 0 Å². The summed E-state index contributed by atoms with van der Waals surface area (Å²) in [6.07, 6.45) is 4.66. The molecule has 32 heavy (non-hydrogen) atoms. The van der Waals surface area contributed by atoms with Crippen LogP contribution in [0.3, 0.4) is 0 Å². The largest absolute Gasteiger partial charge is 0.396 e. The van der Waals surface area contributed by atoms with Crippen molar-refractivity contribution < 1.29 is 14.3 Å². The third-order valence-electron chi connectivity index (χ3n) is 6.03. The van der Waals surface area contributed by atoms with Crippen LogP contribution in [0, 0.1) is 11.7 Å². The highest BCUT2D eigenvalue weighted by Crippen LogP contribution is 2.31. The minimum atomic E-state index is -0.311. The monoisotopic (exact) mass is 452 g/mol. The summed E-state index contributed by atoms with van der Waals surface area (Å²) in [7, 11) is 0. The molecular formula is C26H26ClFN2O2. The van der Waals surface area contributed by atoms with E-state index >= 15 is 0 Å². The molecule has 1 saturated heterocycles. The highest BCUT2D eigenvalue weighted by atomic mass is 35.5. The summed E-state index contributed by atoms with van der Waals surface area (Å²) in [5.41, 5.74) is 4.11. The molecule has 0 spiro atoms. The maximum Gasteiger partial charge on any atom is 0.193 e. The van der Waals surface area contributed by atoms with Crippen molar-refractivity contribution in [3.63, 3.8) is 0 Å². The van der Waals surface area contributed by atoms with E-state index in [-0.39, 0.29) is 18.2 Å². The number of pyridine rings is 1. The van der Waals surface area contributed by atoms with Crippen molar-refractivity contribution in [2.75, 3.05) is 24.6 Å². The van der Waals surface area contributed by atoms with Crippen LogP contribution in [-0.2, 0) is 12.8 Å². The number of aliphatic hydroxyl groups excluding tert-OH is 1. The number of anilines is 1. The number of aromatic nitrogens is 1. The molecule has 0 aliphatic carbocycles. The quantitative estimate of drug-likeness (QED) is 0.483. The van der Waals surface area contributed by atoms with Gasteiger partial charge in [-0.15, -0.1) is 0 Å². The van der Waals surface area contributed by atoms with Gasteiger partial charge in [-0.3, -0.25) is 9.78 Å². The molecule has 4 nitrogen and oxygen atoms in total. The first kappa shape index (κ1) is 22.4. The second kappa shape index (κ2) is 10.2.